The monoisotopic (exact) mass is 308 g/mol. The summed E-state index contributed by atoms with van der Waals surface area (Å²) < 4.78 is 10.6. The maximum Gasteiger partial charge on any atom is 0.171 e. The predicted molar refractivity (Wildman–Crippen MR) is 90.3 cm³/mol. The van der Waals surface area contributed by atoms with Gasteiger partial charge >= 0.3 is 0 Å². The van der Waals surface area contributed by atoms with Gasteiger partial charge in [-0.25, -0.2) is 0 Å². The number of methoxy groups -OCH3 is 2. The molecule has 0 radical (unpaired) electrons. The molecule has 2 atom stereocenters. The summed E-state index contributed by atoms with van der Waals surface area (Å²) in [6.45, 7) is 2.28. The molecule has 0 bridgehead atoms. The molecule has 0 amide bonds. The van der Waals surface area contributed by atoms with E-state index >= 15 is 0 Å². The van der Waals surface area contributed by atoms with Gasteiger partial charge < -0.3 is 20.1 Å². The Morgan fingerprint density at radius 3 is 2.62 bits per heavy atom. The molecule has 2 rings (SSSR count). The molecular formula is C16H24N2O2S. The van der Waals surface area contributed by atoms with Crippen molar-refractivity contribution in [3.8, 4) is 11.5 Å². The van der Waals surface area contributed by atoms with Gasteiger partial charge in [0.05, 0.1) is 19.9 Å². The molecule has 1 aliphatic rings. The number of benzene rings is 1. The average Bonchev–Trinajstić information content (AvgIpc) is 2.49. The second kappa shape index (κ2) is 7.50. The lowest BCUT2D eigenvalue weighted by atomic mass is 9.86. The SMILES string of the molecule is COc1ccc(OC)c(NC(=S)N[C@H]2CCCC[C@H]2C)c1. The van der Waals surface area contributed by atoms with Gasteiger partial charge in [-0.3, -0.25) is 0 Å². The van der Waals surface area contributed by atoms with Gasteiger partial charge in [0.25, 0.3) is 0 Å². The molecule has 21 heavy (non-hydrogen) atoms. The first-order valence-corrected chi connectivity index (χ1v) is 7.84. The van der Waals surface area contributed by atoms with Gasteiger partial charge in [0.2, 0.25) is 0 Å². The summed E-state index contributed by atoms with van der Waals surface area (Å²) >= 11 is 5.44. The largest absolute Gasteiger partial charge is 0.497 e. The van der Waals surface area contributed by atoms with Gasteiger partial charge in [0, 0.05) is 12.1 Å². The van der Waals surface area contributed by atoms with E-state index in [1.165, 1.54) is 25.7 Å². The Kier molecular flexibility index (Phi) is 5.67. The van der Waals surface area contributed by atoms with Crippen molar-refractivity contribution in [3.63, 3.8) is 0 Å². The third-order valence-electron chi connectivity index (χ3n) is 4.08. The van der Waals surface area contributed by atoms with Gasteiger partial charge in [-0.2, -0.15) is 0 Å². The van der Waals surface area contributed by atoms with Crippen molar-refractivity contribution in [3.05, 3.63) is 18.2 Å². The van der Waals surface area contributed by atoms with Gasteiger partial charge in [-0.1, -0.05) is 19.8 Å². The molecule has 4 nitrogen and oxygen atoms in total. The van der Waals surface area contributed by atoms with Crippen LogP contribution in [0.5, 0.6) is 11.5 Å². The van der Waals surface area contributed by atoms with Crippen LogP contribution in [0.25, 0.3) is 0 Å². The molecule has 1 aliphatic carbocycles. The van der Waals surface area contributed by atoms with Crippen LogP contribution in [0.2, 0.25) is 0 Å². The first-order valence-electron chi connectivity index (χ1n) is 7.43. The van der Waals surface area contributed by atoms with E-state index in [-0.39, 0.29) is 0 Å². The molecule has 0 saturated heterocycles. The molecule has 1 saturated carbocycles. The molecule has 1 aromatic rings. The van der Waals surface area contributed by atoms with Crippen molar-refractivity contribution in [2.75, 3.05) is 19.5 Å². The predicted octanol–water partition coefficient (Wildman–Crippen LogP) is 3.57. The minimum absolute atomic E-state index is 0.454. The van der Waals surface area contributed by atoms with Crippen LogP contribution in [0.4, 0.5) is 5.69 Å². The number of anilines is 1. The Labute approximate surface area is 132 Å². The lowest BCUT2D eigenvalue weighted by Crippen LogP contribution is -2.43. The second-order valence-electron chi connectivity index (χ2n) is 5.53. The summed E-state index contributed by atoms with van der Waals surface area (Å²) in [5.74, 6) is 2.18. The Hall–Kier alpha value is -1.49. The lowest BCUT2D eigenvalue weighted by molar-refractivity contribution is 0.309. The summed E-state index contributed by atoms with van der Waals surface area (Å²) in [6, 6.07) is 6.07. The fraction of sp³-hybridized carbons (Fsp3) is 0.562. The highest BCUT2D eigenvalue weighted by atomic mass is 32.1. The number of rotatable bonds is 4. The minimum atomic E-state index is 0.454. The molecule has 0 aromatic heterocycles. The highest BCUT2D eigenvalue weighted by molar-refractivity contribution is 7.80. The molecule has 0 unspecified atom stereocenters. The van der Waals surface area contributed by atoms with Crippen LogP contribution in [0.15, 0.2) is 18.2 Å². The molecule has 5 heteroatoms. The molecule has 0 spiro atoms. The maximum absolute atomic E-state index is 5.44. The van der Waals surface area contributed by atoms with E-state index in [2.05, 4.69) is 17.6 Å². The van der Waals surface area contributed by atoms with E-state index in [0.29, 0.717) is 17.1 Å². The van der Waals surface area contributed by atoms with Crippen LogP contribution in [0, 0.1) is 5.92 Å². The van der Waals surface area contributed by atoms with Crippen LogP contribution in [0.3, 0.4) is 0 Å². The molecule has 0 aliphatic heterocycles. The van der Waals surface area contributed by atoms with E-state index in [4.69, 9.17) is 21.7 Å². The zero-order valence-electron chi connectivity index (χ0n) is 12.9. The molecule has 0 heterocycles. The van der Waals surface area contributed by atoms with Crippen LogP contribution >= 0.6 is 12.2 Å². The first kappa shape index (κ1) is 15.9. The zero-order valence-corrected chi connectivity index (χ0v) is 13.8. The fourth-order valence-corrected chi connectivity index (χ4v) is 3.03. The van der Waals surface area contributed by atoms with Crippen molar-refractivity contribution < 1.29 is 9.47 Å². The van der Waals surface area contributed by atoms with E-state index in [9.17, 15) is 0 Å². The average molecular weight is 308 g/mol. The van der Waals surface area contributed by atoms with Gasteiger partial charge in [0.15, 0.2) is 5.11 Å². The van der Waals surface area contributed by atoms with Crippen LogP contribution in [-0.4, -0.2) is 25.4 Å². The third kappa shape index (κ3) is 4.24. The highest BCUT2D eigenvalue weighted by Gasteiger charge is 2.21. The Balaban J connectivity index is 2.01. The molecule has 2 N–H and O–H groups in total. The summed E-state index contributed by atoms with van der Waals surface area (Å²) in [6.07, 6.45) is 5.04. The molecular weight excluding hydrogens is 284 g/mol. The van der Waals surface area contributed by atoms with Crippen molar-refractivity contribution >= 4 is 23.0 Å². The summed E-state index contributed by atoms with van der Waals surface area (Å²) in [4.78, 5) is 0. The van der Waals surface area contributed by atoms with Gasteiger partial charge in [-0.15, -0.1) is 0 Å². The summed E-state index contributed by atoms with van der Waals surface area (Å²) in [7, 11) is 3.29. The second-order valence-corrected chi connectivity index (χ2v) is 5.94. The topological polar surface area (TPSA) is 42.5 Å². The lowest BCUT2D eigenvalue weighted by Gasteiger charge is -2.30. The number of ether oxygens (including phenoxy) is 2. The van der Waals surface area contributed by atoms with Crippen LogP contribution < -0.4 is 20.1 Å². The first-order chi connectivity index (χ1) is 10.1. The van der Waals surface area contributed by atoms with Gasteiger partial charge in [-0.05, 0) is 43.1 Å². The maximum atomic E-state index is 5.44. The molecule has 116 valence electrons. The van der Waals surface area contributed by atoms with Crippen LogP contribution in [0.1, 0.15) is 32.6 Å². The summed E-state index contributed by atoms with van der Waals surface area (Å²) in [5, 5.41) is 7.29. The smallest absolute Gasteiger partial charge is 0.171 e. The zero-order chi connectivity index (χ0) is 15.2. The van der Waals surface area contributed by atoms with E-state index in [1.807, 2.05) is 18.2 Å². The summed E-state index contributed by atoms with van der Waals surface area (Å²) in [5.41, 5.74) is 0.817. The number of thiocarbonyl (C=S) groups is 1. The standard InChI is InChI=1S/C16H24N2O2S/c1-11-6-4-5-7-13(11)17-16(21)18-14-10-12(19-2)8-9-15(14)20-3/h8-11,13H,4-7H2,1-3H3,(H2,17,18,21)/t11-,13+/m1/s1. The van der Waals surface area contributed by atoms with Crippen molar-refractivity contribution in [1.82, 2.24) is 5.32 Å². The third-order valence-corrected chi connectivity index (χ3v) is 4.30. The van der Waals surface area contributed by atoms with E-state index in [1.54, 1.807) is 14.2 Å². The molecule has 1 aromatic carbocycles. The number of nitrogens with one attached hydrogen (secondary N) is 2. The highest BCUT2D eigenvalue weighted by Crippen LogP contribution is 2.29. The van der Waals surface area contributed by atoms with Crippen molar-refractivity contribution in [2.24, 2.45) is 5.92 Å². The van der Waals surface area contributed by atoms with E-state index < -0.39 is 0 Å². The van der Waals surface area contributed by atoms with Crippen LogP contribution in [-0.2, 0) is 0 Å². The molecule has 1 fully saturated rings. The van der Waals surface area contributed by atoms with Crippen molar-refractivity contribution in [2.45, 2.75) is 38.6 Å². The minimum Gasteiger partial charge on any atom is -0.497 e. The number of hydrogen-bond donors (Lipinski definition) is 2. The Morgan fingerprint density at radius 1 is 1.19 bits per heavy atom. The normalized spacial score (nSPS) is 21.5. The number of hydrogen-bond acceptors (Lipinski definition) is 3. The quantitative estimate of drug-likeness (QED) is 0.832. The van der Waals surface area contributed by atoms with Crippen molar-refractivity contribution in [1.29, 1.82) is 0 Å². The van der Waals surface area contributed by atoms with Gasteiger partial charge in [0.1, 0.15) is 11.5 Å². The fourth-order valence-electron chi connectivity index (χ4n) is 2.77. The Morgan fingerprint density at radius 2 is 1.95 bits per heavy atom. The Bertz CT molecular complexity index is 493. The van der Waals surface area contributed by atoms with E-state index in [0.717, 1.165) is 17.2 Å².